The zero-order chi connectivity index (χ0) is 15.1. The second-order valence-corrected chi connectivity index (χ2v) is 5.16. The Morgan fingerprint density at radius 2 is 2.00 bits per heavy atom. The number of carbonyl (C=O) groups excluding carboxylic acids is 2. The number of aliphatic hydroxyl groups excluding tert-OH is 1. The normalized spacial score (nSPS) is 17.4. The predicted octanol–water partition coefficient (Wildman–Crippen LogP) is -0.729. The van der Waals surface area contributed by atoms with Crippen molar-refractivity contribution in [3.63, 3.8) is 0 Å². The molecule has 7 heteroatoms. The van der Waals surface area contributed by atoms with Gasteiger partial charge < -0.3 is 10.1 Å². The van der Waals surface area contributed by atoms with Crippen LogP contribution in [0.15, 0.2) is 18.3 Å². The molecule has 2 amide bonds. The quantitative estimate of drug-likeness (QED) is 0.666. The van der Waals surface area contributed by atoms with Gasteiger partial charge in [0.2, 0.25) is 5.91 Å². The van der Waals surface area contributed by atoms with Gasteiger partial charge in [-0.2, -0.15) is 0 Å². The maximum atomic E-state index is 11.9. The highest BCUT2D eigenvalue weighted by atomic mass is 16.3. The summed E-state index contributed by atoms with van der Waals surface area (Å²) in [7, 11) is 0. The first-order valence-corrected chi connectivity index (χ1v) is 7.22. The molecule has 0 bridgehead atoms. The van der Waals surface area contributed by atoms with Crippen molar-refractivity contribution in [3.05, 3.63) is 24.0 Å². The van der Waals surface area contributed by atoms with Crippen molar-refractivity contribution in [2.24, 2.45) is 0 Å². The molecule has 1 aliphatic heterocycles. The zero-order valence-electron chi connectivity index (χ0n) is 12.0. The summed E-state index contributed by atoms with van der Waals surface area (Å²) < 4.78 is 0. The summed E-state index contributed by atoms with van der Waals surface area (Å²) in [6, 6.07) is 3.34. The Hall–Kier alpha value is -1.70. The molecule has 7 nitrogen and oxygen atoms in total. The number of nitrogens with one attached hydrogen (secondary N) is 2. The summed E-state index contributed by atoms with van der Waals surface area (Å²) in [5.74, 6) is -0.688. The summed E-state index contributed by atoms with van der Waals surface area (Å²) in [6.07, 6.45) is 2.60. The third-order valence-corrected chi connectivity index (χ3v) is 3.56. The maximum Gasteiger partial charge on any atom is 0.274 e. The Labute approximate surface area is 123 Å². The van der Waals surface area contributed by atoms with Gasteiger partial charge in [-0.25, -0.2) is 0 Å². The van der Waals surface area contributed by atoms with Gasteiger partial charge in [0.05, 0.1) is 13.2 Å². The summed E-state index contributed by atoms with van der Waals surface area (Å²) in [5, 5.41) is 11.3. The molecule has 3 N–H and O–H groups in total. The number of H-pyrrole nitrogens is 1. The predicted molar refractivity (Wildman–Crippen MR) is 77.8 cm³/mol. The first-order chi connectivity index (χ1) is 10.2. The van der Waals surface area contributed by atoms with Crippen LogP contribution in [0.2, 0.25) is 0 Å². The number of β-amino-alcohol motifs (C(OH)–C–C–N with tert-alkyl or cyclic N) is 1. The monoisotopic (exact) mass is 294 g/mol. The van der Waals surface area contributed by atoms with Crippen LogP contribution in [0.5, 0.6) is 0 Å². The van der Waals surface area contributed by atoms with Crippen molar-refractivity contribution < 1.29 is 14.7 Å². The first kappa shape index (κ1) is 15.7. The van der Waals surface area contributed by atoms with Crippen LogP contribution in [0.25, 0.3) is 0 Å². The van der Waals surface area contributed by atoms with Crippen molar-refractivity contribution in [2.75, 3.05) is 45.9 Å². The van der Waals surface area contributed by atoms with Crippen LogP contribution in [0.4, 0.5) is 0 Å². The zero-order valence-corrected chi connectivity index (χ0v) is 12.0. The van der Waals surface area contributed by atoms with E-state index in [1.807, 2.05) is 4.90 Å². The van der Waals surface area contributed by atoms with Gasteiger partial charge in [-0.05, 0) is 31.6 Å². The molecule has 0 spiro atoms. The summed E-state index contributed by atoms with van der Waals surface area (Å²) in [4.78, 5) is 30.6. The minimum Gasteiger partial charge on any atom is -0.395 e. The number of aliphatic hydroxyl groups is 1. The Morgan fingerprint density at radius 3 is 2.71 bits per heavy atom. The van der Waals surface area contributed by atoms with Gasteiger partial charge in [0.25, 0.3) is 5.91 Å². The van der Waals surface area contributed by atoms with Crippen LogP contribution in [-0.2, 0) is 4.79 Å². The average Bonchev–Trinajstić information content (AvgIpc) is 2.90. The fourth-order valence-electron chi connectivity index (χ4n) is 2.46. The molecule has 1 saturated heterocycles. The van der Waals surface area contributed by atoms with E-state index < -0.39 is 5.91 Å². The van der Waals surface area contributed by atoms with Gasteiger partial charge >= 0.3 is 0 Å². The number of carbonyl (C=O) groups is 2. The molecule has 1 aromatic rings. The van der Waals surface area contributed by atoms with E-state index >= 15 is 0 Å². The molecule has 2 heterocycles. The summed E-state index contributed by atoms with van der Waals surface area (Å²) in [6.45, 7) is 4.41. The number of imide groups is 1. The minimum atomic E-state index is -0.401. The van der Waals surface area contributed by atoms with E-state index in [1.165, 1.54) is 0 Å². The standard InChI is InChI=1S/C14H22N4O3/c19-10-9-17-5-2-6-18(8-7-17)11-13(20)16-14(21)12-3-1-4-15-12/h1,3-4,15,19H,2,5-11H2,(H,16,20,21). The first-order valence-electron chi connectivity index (χ1n) is 7.22. The molecule has 116 valence electrons. The molecule has 0 radical (unpaired) electrons. The summed E-state index contributed by atoms with van der Waals surface area (Å²) >= 11 is 0. The molecule has 0 saturated carbocycles. The number of nitrogens with zero attached hydrogens (tertiary/aromatic N) is 2. The minimum absolute atomic E-state index is 0.158. The lowest BCUT2D eigenvalue weighted by molar-refractivity contribution is -0.121. The van der Waals surface area contributed by atoms with Crippen molar-refractivity contribution in [3.8, 4) is 0 Å². The van der Waals surface area contributed by atoms with Crippen molar-refractivity contribution >= 4 is 11.8 Å². The van der Waals surface area contributed by atoms with Gasteiger partial charge in [0.15, 0.2) is 0 Å². The lowest BCUT2D eigenvalue weighted by atomic mass is 10.3. The van der Waals surface area contributed by atoms with E-state index in [-0.39, 0.29) is 19.1 Å². The van der Waals surface area contributed by atoms with Crippen LogP contribution in [0, 0.1) is 0 Å². The lowest BCUT2D eigenvalue weighted by Crippen LogP contribution is -2.41. The molecule has 1 aromatic heterocycles. The lowest BCUT2D eigenvalue weighted by Gasteiger charge is -2.20. The topological polar surface area (TPSA) is 88.7 Å². The maximum absolute atomic E-state index is 11.9. The van der Waals surface area contributed by atoms with Crippen molar-refractivity contribution in [1.82, 2.24) is 20.1 Å². The number of hydrogen-bond donors (Lipinski definition) is 3. The van der Waals surface area contributed by atoms with E-state index in [9.17, 15) is 9.59 Å². The number of aromatic nitrogens is 1. The van der Waals surface area contributed by atoms with Crippen LogP contribution in [-0.4, -0.2) is 77.6 Å². The van der Waals surface area contributed by atoms with Gasteiger partial charge in [-0.15, -0.1) is 0 Å². The number of aromatic amines is 1. The van der Waals surface area contributed by atoms with E-state index in [4.69, 9.17) is 5.11 Å². The number of hydrogen-bond acceptors (Lipinski definition) is 5. The molecular formula is C14H22N4O3. The van der Waals surface area contributed by atoms with E-state index in [0.29, 0.717) is 12.2 Å². The molecular weight excluding hydrogens is 272 g/mol. The second kappa shape index (κ2) is 7.92. The van der Waals surface area contributed by atoms with Crippen LogP contribution in [0.1, 0.15) is 16.9 Å². The third kappa shape index (κ3) is 4.96. The highest BCUT2D eigenvalue weighted by molar-refractivity contribution is 6.04. The van der Waals surface area contributed by atoms with E-state index in [0.717, 1.165) is 32.6 Å². The average molecular weight is 294 g/mol. The van der Waals surface area contributed by atoms with Gasteiger partial charge in [0, 0.05) is 25.8 Å². The third-order valence-electron chi connectivity index (χ3n) is 3.56. The van der Waals surface area contributed by atoms with Gasteiger partial charge in [-0.3, -0.25) is 24.7 Å². The SMILES string of the molecule is O=C(CN1CCCN(CCO)CC1)NC(=O)c1ccc[nH]1. The molecule has 0 unspecified atom stereocenters. The Balaban J connectivity index is 1.76. The second-order valence-electron chi connectivity index (χ2n) is 5.16. The number of rotatable bonds is 5. The molecule has 1 fully saturated rings. The molecule has 0 atom stereocenters. The molecule has 0 aromatic carbocycles. The van der Waals surface area contributed by atoms with Crippen LogP contribution >= 0.6 is 0 Å². The molecule has 2 rings (SSSR count). The van der Waals surface area contributed by atoms with E-state index in [2.05, 4.69) is 15.2 Å². The molecule has 1 aliphatic rings. The molecule has 0 aliphatic carbocycles. The largest absolute Gasteiger partial charge is 0.395 e. The van der Waals surface area contributed by atoms with Gasteiger partial charge in [0.1, 0.15) is 5.69 Å². The Kier molecular flexibility index (Phi) is 5.91. The van der Waals surface area contributed by atoms with E-state index in [1.54, 1.807) is 18.3 Å². The smallest absolute Gasteiger partial charge is 0.274 e. The highest BCUT2D eigenvalue weighted by Crippen LogP contribution is 2.02. The van der Waals surface area contributed by atoms with Crippen molar-refractivity contribution in [2.45, 2.75) is 6.42 Å². The van der Waals surface area contributed by atoms with Gasteiger partial charge in [-0.1, -0.05) is 0 Å². The fourth-order valence-corrected chi connectivity index (χ4v) is 2.46. The van der Waals surface area contributed by atoms with Crippen molar-refractivity contribution in [1.29, 1.82) is 0 Å². The fraction of sp³-hybridized carbons (Fsp3) is 0.571. The highest BCUT2D eigenvalue weighted by Gasteiger charge is 2.18. The Bertz CT molecular complexity index is 461. The number of amides is 2. The molecule has 21 heavy (non-hydrogen) atoms. The van der Waals surface area contributed by atoms with Crippen LogP contribution < -0.4 is 5.32 Å². The Morgan fingerprint density at radius 1 is 1.24 bits per heavy atom. The van der Waals surface area contributed by atoms with Crippen LogP contribution in [0.3, 0.4) is 0 Å². The summed E-state index contributed by atoms with van der Waals surface area (Å²) in [5.41, 5.74) is 0.383.